The number of carbonyl (C=O) groups excluding carboxylic acids is 1. The first-order chi connectivity index (χ1) is 15.7. The van der Waals surface area contributed by atoms with Crippen LogP contribution in [0.2, 0.25) is 0 Å². The van der Waals surface area contributed by atoms with Crippen molar-refractivity contribution in [3.8, 4) is 0 Å². The van der Waals surface area contributed by atoms with E-state index in [1.54, 1.807) is 29.7 Å². The average molecular weight is 461 g/mol. The summed E-state index contributed by atoms with van der Waals surface area (Å²) in [5, 5.41) is 3.08. The highest BCUT2D eigenvalue weighted by Crippen LogP contribution is 2.29. The monoisotopic (exact) mass is 461 g/mol. The quantitative estimate of drug-likeness (QED) is 0.596. The second-order valence-corrected chi connectivity index (χ2v) is 7.85. The van der Waals surface area contributed by atoms with Crippen molar-refractivity contribution >= 4 is 16.8 Å². The molecule has 1 atom stereocenters. The molecule has 3 aromatic rings. The van der Waals surface area contributed by atoms with Gasteiger partial charge in [-0.2, -0.15) is 13.2 Å². The Bertz CT molecular complexity index is 1210. The molecule has 1 aliphatic rings. The first-order valence-electron chi connectivity index (χ1n) is 10.5. The number of nitrogens with one attached hydrogen (secondary N) is 1. The predicted molar refractivity (Wildman–Crippen MR) is 114 cm³/mol. The van der Waals surface area contributed by atoms with Crippen molar-refractivity contribution in [2.24, 2.45) is 0 Å². The van der Waals surface area contributed by atoms with Gasteiger partial charge in [0, 0.05) is 12.1 Å². The highest BCUT2D eigenvalue weighted by molar-refractivity contribution is 5.94. The van der Waals surface area contributed by atoms with E-state index in [9.17, 15) is 22.8 Å². The van der Waals surface area contributed by atoms with E-state index in [-0.39, 0.29) is 30.3 Å². The number of hydrogen-bond acceptors (Lipinski definition) is 5. The number of amides is 1. The van der Waals surface area contributed by atoms with Crippen molar-refractivity contribution in [1.29, 1.82) is 0 Å². The molecule has 0 bridgehead atoms. The van der Waals surface area contributed by atoms with Crippen molar-refractivity contribution < 1.29 is 27.7 Å². The molecule has 2 heterocycles. The lowest BCUT2D eigenvalue weighted by Gasteiger charge is -2.19. The lowest BCUT2D eigenvalue weighted by molar-refractivity contribution is -0.291. The fourth-order valence-corrected chi connectivity index (χ4v) is 3.84. The summed E-state index contributed by atoms with van der Waals surface area (Å²) in [7, 11) is 0. The summed E-state index contributed by atoms with van der Waals surface area (Å²) in [4.78, 5) is 40.3. The lowest BCUT2D eigenvalue weighted by Crippen LogP contribution is -2.30. The maximum absolute atomic E-state index is 13.2. The Morgan fingerprint density at radius 1 is 1.18 bits per heavy atom. The third kappa shape index (κ3) is 5.07. The Balaban J connectivity index is 1.54. The number of rotatable bonds is 4. The zero-order valence-corrected chi connectivity index (χ0v) is 17.8. The number of carbonyl (C=O) groups is 1. The number of alkyl halides is 3. The third-order valence-corrected chi connectivity index (χ3v) is 5.54. The second-order valence-electron chi connectivity index (χ2n) is 7.85. The second kappa shape index (κ2) is 9.32. The Morgan fingerprint density at radius 3 is 2.67 bits per heavy atom. The number of aromatic nitrogens is 2. The molecule has 1 N–H and O–H groups in total. The molecule has 1 amide bonds. The van der Waals surface area contributed by atoms with Gasteiger partial charge >= 0.3 is 6.18 Å². The SMILES string of the molecule is Cc1nc2ccc(CNC(=O)c3ccc(C(F)(F)F)cc3)cc2c(=O)n1C1CCCOOC1. The molecule has 7 nitrogen and oxygen atoms in total. The number of halogens is 3. The van der Waals surface area contributed by atoms with Crippen LogP contribution in [0.3, 0.4) is 0 Å². The van der Waals surface area contributed by atoms with Crippen LogP contribution in [0.1, 0.15) is 46.2 Å². The van der Waals surface area contributed by atoms with E-state index in [0.717, 1.165) is 37.1 Å². The van der Waals surface area contributed by atoms with Crippen LogP contribution in [-0.4, -0.2) is 28.7 Å². The standard InChI is InChI=1S/C23H22F3N3O4/c1-14-28-20-9-4-15(11-19(20)22(31)29(14)18-3-2-10-32-33-13-18)12-27-21(30)16-5-7-17(8-6-16)23(24,25)26/h4-9,11,18H,2-3,10,12-13H2,1H3,(H,27,30). The molecule has 1 saturated heterocycles. The van der Waals surface area contributed by atoms with Gasteiger partial charge in [0.05, 0.1) is 29.1 Å². The van der Waals surface area contributed by atoms with E-state index in [2.05, 4.69) is 10.3 Å². The molecule has 174 valence electrons. The van der Waals surface area contributed by atoms with Gasteiger partial charge < -0.3 is 5.32 Å². The van der Waals surface area contributed by atoms with Crippen molar-refractivity contribution in [2.45, 2.75) is 38.5 Å². The van der Waals surface area contributed by atoms with E-state index >= 15 is 0 Å². The summed E-state index contributed by atoms with van der Waals surface area (Å²) < 4.78 is 39.7. The number of nitrogens with zero attached hydrogens (tertiary/aromatic N) is 2. The van der Waals surface area contributed by atoms with Crippen LogP contribution in [0.15, 0.2) is 47.3 Å². The predicted octanol–water partition coefficient (Wildman–Crippen LogP) is 3.94. The molecule has 4 rings (SSSR count). The van der Waals surface area contributed by atoms with Gasteiger partial charge in [0.15, 0.2) is 0 Å². The van der Waals surface area contributed by atoms with Crippen LogP contribution in [0.5, 0.6) is 0 Å². The highest BCUT2D eigenvalue weighted by Gasteiger charge is 2.30. The molecule has 33 heavy (non-hydrogen) atoms. The van der Waals surface area contributed by atoms with Gasteiger partial charge in [-0.25, -0.2) is 14.8 Å². The lowest BCUT2D eigenvalue weighted by atomic mass is 10.1. The van der Waals surface area contributed by atoms with Crippen LogP contribution in [0, 0.1) is 6.92 Å². The fraction of sp³-hybridized carbons (Fsp3) is 0.348. The Morgan fingerprint density at radius 2 is 1.94 bits per heavy atom. The summed E-state index contributed by atoms with van der Waals surface area (Å²) >= 11 is 0. The minimum atomic E-state index is -4.46. The number of benzene rings is 2. The molecule has 2 aromatic carbocycles. The Kier molecular flexibility index (Phi) is 6.48. The number of aryl methyl sites for hydroxylation is 1. The zero-order valence-electron chi connectivity index (χ0n) is 17.8. The maximum atomic E-state index is 13.2. The van der Waals surface area contributed by atoms with Crippen molar-refractivity contribution in [3.05, 3.63) is 75.3 Å². The van der Waals surface area contributed by atoms with Crippen LogP contribution < -0.4 is 10.9 Å². The highest BCUT2D eigenvalue weighted by atomic mass is 19.4. The Labute approximate surface area is 187 Å². The van der Waals surface area contributed by atoms with Gasteiger partial charge in [-0.15, -0.1) is 0 Å². The minimum absolute atomic E-state index is 0.101. The summed E-state index contributed by atoms with van der Waals surface area (Å²) in [6, 6.07) is 8.91. The van der Waals surface area contributed by atoms with Crippen molar-refractivity contribution in [1.82, 2.24) is 14.9 Å². The normalized spacial score (nSPS) is 17.0. The molecule has 1 fully saturated rings. The van der Waals surface area contributed by atoms with Gasteiger partial charge in [-0.3, -0.25) is 14.2 Å². The molecular formula is C23H22F3N3O4. The molecule has 10 heteroatoms. The van der Waals surface area contributed by atoms with Crippen LogP contribution in [0.25, 0.3) is 10.9 Å². The molecule has 1 aromatic heterocycles. The topological polar surface area (TPSA) is 82.5 Å². The zero-order chi connectivity index (χ0) is 23.6. The molecule has 1 aliphatic heterocycles. The van der Waals surface area contributed by atoms with Gasteiger partial charge in [0.1, 0.15) is 12.4 Å². The van der Waals surface area contributed by atoms with Crippen LogP contribution >= 0.6 is 0 Å². The van der Waals surface area contributed by atoms with E-state index in [1.807, 2.05) is 0 Å². The molecule has 0 aliphatic carbocycles. The molecule has 0 spiro atoms. The van der Waals surface area contributed by atoms with Crippen LogP contribution in [0.4, 0.5) is 13.2 Å². The maximum Gasteiger partial charge on any atom is 0.416 e. The van der Waals surface area contributed by atoms with Gasteiger partial charge in [-0.05, 0) is 61.7 Å². The van der Waals surface area contributed by atoms with Crippen molar-refractivity contribution in [2.75, 3.05) is 13.2 Å². The van der Waals surface area contributed by atoms with Gasteiger partial charge in [0.2, 0.25) is 0 Å². The first kappa shape index (κ1) is 22.9. The Hall–Kier alpha value is -3.24. The first-order valence-corrected chi connectivity index (χ1v) is 10.5. The fourth-order valence-electron chi connectivity index (χ4n) is 3.84. The molecule has 0 radical (unpaired) electrons. The number of hydrogen-bond donors (Lipinski definition) is 1. The van der Waals surface area contributed by atoms with E-state index in [4.69, 9.17) is 9.78 Å². The van der Waals surface area contributed by atoms with Gasteiger partial charge in [0.25, 0.3) is 11.5 Å². The molecule has 0 saturated carbocycles. The average Bonchev–Trinajstić information content (AvgIpc) is 3.06. The number of fused-ring (bicyclic) bond motifs is 1. The summed E-state index contributed by atoms with van der Waals surface area (Å²) in [5.74, 6) is 0.0604. The van der Waals surface area contributed by atoms with E-state index < -0.39 is 17.6 Å². The van der Waals surface area contributed by atoms with E-state index in [1.165, 1.54) is 0 Å². The van der Waals surface area contributed by atoms with Gasteiger partial charge in [-0.1, -0.05) is 6.07 Å². The molecule has 1 unspecified atom stereocenters. The minimum Gasteiger partial charge on any atom is -0.348 e. The van der Waals surface area contributed by atoms with Crippen LogP contribution in [-0.2, 0) is 22.5 Å². The smallest absolute Gasteiger partial charge is 0.348 e. The largest absolute Gasteiger partial charge is 0.416 e. The third-order valence-electron chi connectivity index (χ3n) is 5.54. The van der Waals surface area contributed by atoms with Crippen molar-refractivity contribution in [3.63, 3.8) is 0 Å². The molecular weight excluding hydrogens is 439 g/mol. The summed E-state index contributed by atoms with van der Waals surface area (Å²) in [6.45, 7) is 2.58. The summed E-state index contributed by atoms with van der Waals surface area (Å²) in [5.41, 5.74) is 0.288. The summed E-state index contributed by atoms with van der Waals surface area (Å²) in [6.07, 6.45) is -2.99. The van der Waals surface area contributed by atoms with E-state index in [0.29, 0.717) is 28.9 Å².